The zero-order valence-electron chi connectivity index (χ0n) is 22.1. The second-order valence-corrected chi connectivity index (χ2v) is 12.1. The van der Waals surface area contributed by atoms with Crippen molar-refractivity contribution in [3.05, 3.63) is 81.6 Å². The van der Waals surface area contributed by atoms with E-state index >= 15 is 0 Å². The van der Waals surface area contributed by atoms with Gasteiger partial charge in [-0.25, -0.2) is 9.18 Å². The van der Waals surface area contributed by atoms with Crippen molar-refractivity contribution in [2.24, 2.45) is 0 Å². The lowest BCUT2D eigenvalue weighted by molar-refractivity contribution is 0.108. The van der Waals surface area contributed by atoms with E-state index in [-0.39, 0.29) is 17.9 Å². The Balaban J connectivity index is 1.02. The third kappa shape index (κ3) is 6.04. The highest BCUT2D eigenvalue weighted by molar-refractivity contribution is 6.35. The van der Waals surface area contributed by atoms with Gasteiger partial charge >= 0.3 is 6.03 Å². The van der Waals surface area contributed by atoms with Gasteiger partial charge in [-0.05, 0) is 78.8 Å². The lowest BCUT2D eigenvalue weighted by atomic mass is 9.96. The summed E-state index contributed by atoms with van der Waals surface area (Å²) >= 11 is 12.8. The van der Waals surface area contributed by atoms with Gasteiger partial charge in [0.05, 0.1) is 0 Å². The summed E-state index contributed by atoms with van der Waals surface area (Å²) in [4.78, 5) is 20.2. The summed E-state index contributed by atoms with van der Waals surface area (Å²) in [6, 6.07) is 18.2. The highest BCUT2D eigenvalue weighted by Crippen LogP contribution is 2.37. The van der Waals surface area contributed by atoms with Gasteiger partial charge in [0, 0.05) is 73.0 Å². The minimum Gasteiger partial charge on any atom is -0.335 e. The van der Waals surface area contributed by atoms with E-state index < -0.39 is 0 Å². The zero-order valence-corrected chi connectivity index (χ0v) is 23.6. The molecule has 0 saturated carbocycles. The largest absolute Gasteiger partial charge is 0.335 e. The van der Waals surface area contributed by atoms with Gasteiger partial charge in [0.15, 0.2) is 0 Å². The lowest BCUT2D eigenvalue weighted by Gasteiger charge is -2.40. The second-order valence-electron chi connectivity index (χ2n) is 11.3. The summed E-state index contributed by atoms with van der Waals surface area (Å²) in [5.74, 6) is -0.197. The molecule has 39 heavy (non-hydrogen) atoms. The molecule has 2 amide bonds. The maximum absolute atomic E-state index is 13.6. The van der Waals surface area contributed by atoms with Crippen LogP contribution in [-0.2, 0) is 13.1 Å². The van der Waals surface area contributed by atoms with Crippen molar-refractivity contribution < 1.29 is 9.18 Å². The van der Waals surface area contributed by atoms with Crippen LogP contribution in [0.1, 0.15) is 43.2 Å². The minimum absolute atomic E-state index is 0.0623. The molecular formula is C31H35Cl2FN4O. The number of rotatable bonds is 5. The summed E-state index contributed by atoms with van der Waals surface area (Å²) in [6.45, 7) is 4.78. The van der Waals surface area contributed by atoms with Gasteiger partial charge in [0.1, 0.15) is 5.82 Å². The Morgan fingerprint density at radius 1 is 0.872 bits per heavy atom. The lowest BCUT2D eigenvalue weighted by Crippen LogP contribution is -2.53. The number of benzene rings is 3. The van der Waals surface area contributed by atoms with Gasteiger partial charge in [-0.3, -0.25) is 9.80 Å². The molecule has 2 atom stereocenters. The topological polar surface area (TPSA) is 38.8 Å². The predicted molar refractivity (Wildman–Crippen MR) is 156 cm³/mol. The summed E-state index contributed by atoms with van der Waals surface area (Å²) in [6.07, 6.45) is 5.27. The van der Waals surface area contributed by atoms with Crippen LogP contribution in [0.2, 0.25) is 10.0 Å². The molecule has 3 fully saturated rings. The first-order valence-corrected chi connectivity index (χ1v) is 14.8. The number of nitrogens with zero attached hydrogens (tertiary/aromatic N) is 3. The van der Waals surface area contributed by atoms with E-state index in [0.717, 1.165) is 61.8 Å². The van der Waals surface area contributed by atoms with Gasteiger partial charge in [0.2, 0.25) is 0 Å². The number of urea groups is 1. The molecular weight excluding hydrogens is 534 g/mol. The van der Waals surface area contributed by atoms with E-state index in [4.69, 9.17) is 23.2 Å². The molecule has 3 aromatic carbocycles. The fourth-order valence-electron chi connectivity index (χ4n) is 6.73. The van der Waals surface area contributed by atoms with Crippen LogP contribution in [0.4, 0.5) is 9.18 Å². The summed E-state index contributed by atoms with van der Waals surface area (Å²) in [7, 11) is 0. The number of carbonyl (C=O) groups excluding carboxylic acids is 1. The number of piperidine rings is 1. The van der Waals surface area contributed by atoms with Crippen molar-refractivity contribution in [2.75, 3.05) is 26.2 Å². The number of carbonyl (C=O) groups is 1. The minimum atomic E-state index is -0.197. The van der Waals surface area contributed by atoms with Gasteiger partial charge in [-0.2, -0.15) is 0 Å². The van der Waals surface area contributed by atoms with Gasteiger partial charge < -0.3 is 10.2 Å². The Morgan fingerprint density at radius 2 is 1.59 bits per heavy atom. The van der Waals surface area contributed by atoms with Crippen molar-refractivity contribution in [3.8, 4) is 0 Å². The second kappa shape index (κ2) is 11.6. The van der Waals surface area contributed by atoms with E-state index in [2.05, 4.69) is 27.2 Å². The fraction of sp³-hybridized carbons (Fsp3) is 0.452. The van der Waals surface area contributed by atoms with Crippen molar-refractivity contribution >= 4 is 40.0 Å². The summed E-state index contributed by atoms with van der Waals surface area (Å²) in [5, 5.41) is 6.78. The van der Waals surface area contributed by atoms with E-state index in [1.165, 1.54) is 24.5 Å². The zero-order chi connectivity index (χ0) is 26.9. The highest BCUT2D eigenvalue weighted by Gasteiger charge is 2.41. The molecule has 2 bridgehead atoms. The average molecular weight is 570 g/mol. The molecule has 0 aliphatic carbocycles. The van der Waals surface area contributed by atoms with Crippen LogP contribution >= 0.6 is 23.2 Å². The molecule has 6 rings (SSSR count). The number of hydrogen-bond acceptors (Lipinski definition) is 3. The van der Waals surface area contributed by atoms with Crippen molar-refractivity contribution in [2.45, 2.75) is 63.3 Å². The molecule has 3 aliphatic rings. The van der Waals surface area contributed by atoms with E-state index in [0.29, 0.717) is 35.2 Å². The van der Waals surface area contributed by atoms with Crippen LogP contribution in [0.3, 0.4) is 0 Å². The number of halogens is 3. The Kier molecular flexibility index (Phi) is 7.99. The van der Waals surface area contributed by atoms with E-state index in [9.17, 15) is 9.18 Å². The third-order valence-electron chi connectivity index (χ3n) is 8.76. The third-order valence-corrected chi connectivity index (χ3v) is 9.47. The first-order chi connectivity index (χ1) is 18.9. The molecule has 1 N–H and O–H groups in total. The van der Waals surface area contributed by atoms with Crippen LogP contribution in [0, 0.1) is 5.82 Å². The molecule has 0 radical (unpaired) electrons. The standard InChI is InChI=1S/C31H35Cl2FN4O/c32-29-3-1-4-30(33)28(29)20-36-11-2-12-37(14-13-36)31(39)35-25-17-26-9-10-27(18-25)38(26)19-21-5-6-23-16-24(34)8-7-22(23)15-21/h1,3-8,15-16,25-27H,2,9-14,17-20H2,(H,35,39)/t26-,27-/m1/s1. The molecule has 3 heterocycles. The molecule has 206 valence electrons. The Hall–Kier alpha value is -2.38. The average Bonchev–Trinajstić information content (AvgIpc) is 3.08. The molecule has 3 aliphatic heterocycles. The maximum atomic E-state index is 13.6. The first kappa shape index (κ1) is 26.8. The van der Waals surface area contributed by atoms with Gasteiger partial charge in [-0.15, -0.1) is 0 Å². The first-order valence-electron chi connectivity index (χ1n) is 14.1. The van der Waals surface area contributed by atoms with Crippen LogP contribution in [-0.4, -0.2) is 65.0 Å². The van der Waals surface area contributed by atoms with Crippen LogP contribution in [0.5, 0.6) is 0 Å². The van der Waals surface area contributed by atoms with E-state index in [1.807, 2.05) is 35.2 Å². The Bertz CT molecular complexity index is 1320. The highest BCUT2D eigenvalue weighted by atomic mass is 35.5. The van der Waals surface area contributed by atoms with Crippen molar-refractivity contribution in [1.82, 2.24) is 20.0 Å². The molecule has 0 spiro atoms. The van der Waals surface area contributed by atoms with Crippen molar-refractivity contribution in [1.29, 1.82) is 0 Å². The number of hydrogen-bond donors (Lipinski definition) is 1. The van der Waals surface area contributed by atoms with E-state index in [1.54, 1.807) is 6.07 Å². The Morgan fingerprint density at radius 3 is 2.36 bits per heavy atom. The number of fused-ring (bicyclic) bond motifs is 3. The molecule has 0 unspecified atom stereocenters. The quantitative estimate of drug-likeness (QED) is 0.372. The summed E-state index contributed by atoms with van der Waals surface area (Å²) in [5.41, 5.74) is 2.22. The van der Waals surface area contributed by atoms with Crippen LogP contribution < -0.4 is 5.32 Å². The monoisotopic (exact) mass is 568 g/mol. The normalized spacial score (nSPS) is 24.2. The summed E-state index contributed by atoms with van der Waals surface area (Å²) < 4.78 is 13.6. The van der Waals surface area contributed by atoms with Gasteiger partial charge in [0.25, 0.3) is 0 Å². The smallest absolute Gasteiger partial charge is 0.317 e. The fourth-order valence-corrected chi connectivity index (χ4v) is 7.25. The predicted octanol–water partition coefficient (Wildman–Crippen LogP) is 6.70. The molecule has 3 aromatic rings. The molecule has 8 heteroatoms. The Labute approximate surface area is 239 Å². The molecule has 5 nitrogen and oxygen atoms in total. The SMILES string of the molecule is O=C(NC1C[C@H]2CC[C@H](C1)N2Cc1ccc2cc(F)ccc2c1)N1CCCN(Cc2c(Cl)cccc2Cl)CC1. The molecule has 3 saturated heterocycles. The molecule has 0 aromatic heterocycles. The van der Waals surface area contributed by atoms with Crippen molar-refractivity contribution in [3.63, 3.8) is 0 Å². The number of nitrogens with one attached hydrogen (secondary N) is 1. The maximum Gasteiger partial charge on any atom is 0.317 e. The van der Waals surface area contributed by atoms with Gasteiger partial charge in [-0.1, -0.05) is 47.5 Å². The van der Waals surface area contributed by atoms with Crippen LogP contribution in [0.15, 0.2) is 54.6 Å². The van der Waals surface area contributed by atoms with Crippen LogP contribution in [0.25, 0.3) is 10.8 Å². The number of amides is 2.